The number of carbonyl (C=O) groups is 1. The van der Waals surface area contributed by atoms with Crippen LogP contribution in [0.5, 0.6) is 5.75 Å². The number of hydrogen-bond acceptors (Lipinski definition) is 5. The van der Waals surface area contributed by atoms with Crippen LogP contribution < -0.4 is 4.74 Å². The van der Waals surface area contributed by atoms with E-state index in [0.717, 1.165) is 51.4 Å². The number of likely N-dealkylation sites (N-methyl/N-ethyl adjacent to an activating group) is 1. The largest absolute Gasteiger partial charge is 0.484 e. The third kappa shape index (κ3) is 6.69. The van der Waals surface area contributed by atoms with E-state index in [1.165, 1.54) is 12.1 Å². The van der Waals surface area contributed by atoms with Gasteiger partial charge in [-0.25, -0.2) is 4.39 Å². The summed E-state index contributed by atoms with van der Waals surface area (Å²) in [4.78, 5) is 22.4. The molecule has 0 bridgehead atoms. The van der Waals surface area contributed by atoms with Crippen LogP contribution in [0.25, 0.3) is 0 Å². The molecule has 184 valence electrons. The minimum Gasteiger partial charge on any atom is -0.484 e. The maximum absolute atomic E-state index is 13.4. The van der Waals surface area contributed by atoms with Crippen molar-refractivity contribution in [1.82, 2.24) is 19.6 Å². The molecular weight excluding hydrogens is 455 g/mol. The maximum atomic E-state index is 13.4. The van der Waals surface area contributed by atoms with Gasteiger partial charge in [0.25, 0.3) is 5.91 Å². The van der Waals surface area contributed by atoms with Crippen LogP contribution in [-0.2, 0) is 11.3 Å². The molecule has 6 nitrogen and oxygen atoms in total. The van der Waals surface area contributed by atoms with Gasteiger partial charge in [-0.3, -0.25) is 14.6 Å². The number of nitrogens with zero attached hydrogens (tertiary/aromatic N) is 4. The zero-order valence-corrected chi connectivity index (χ0v) is 20.8. The standard InChI is InChI=1S/C26H34ClFN4O2/c1-20-15-31(16-21-3-7-23(28)8-4-21)24(17-30-13-11-29(2)12-14-30)18-32(20)26(33)19-34-25-9-5-22(27)6-10-25/h3-10,20,24H,11-19H2,1-2H3/t20-,24+/m1/s1. The van der Waals surface area contributed by atoms with Crippen LogP contribution in [-0.4, -0.2) is 97.1 Å². The highest BCUT2D eigenvalue weighted by Crippen LogP contribution is 2.21. The predicted octanol–water partition coefficient (Wildman–Crippen LogP) is 3.21. The number of halogens is 2. The third-order valence-electron chi connectivity index (χ3n) is 6.81. The molecule has 2 heterocycles. The van der Waals surface area contributed by atoms with Crippen LogP contribution in [0.15, 0.2) is 48.5 Å². The molecule has 0 spiro atoms. The lowest BCUT2D eigenvalue weighted by Crippen LogP contribution is -2.62. The smallest absolute Gasteiger partial charge is 0.260 e. The molecule has 8 heteroatoms. The Morgan fingerprint density at radius 3 is 2.38 bits per heavy atom. The van der Waals surface area contributed by atoms with Crippen molar-refractivity contribution in [2.75, 3.05) is 59.5 Å². The molecular formula is C26H34ClFN4O2. The maximum Gasteiger partial charge on any atom is 0.260 e. The molecule has 2 aromatic rings. The van der Waals surface area contributed by atoms with E-state index in [-0.39, 0.29) is 30.4 Å². The first-order valence-corrected chi connectivity index (χ1v) is 12.3. The Bertz CT molecular complexity index is 935. The van der Waals surface area contributed by atoms with Crippen LogP contribution in [0, 0.1) is 5.82 Å². The Morgan fingerprint density at radius 1 is 1.03 bits per heavy atom. The van der Waals surface area contributed by atoms with Gasteiger partial charge < -0.3 is 14.5 Å². The van der Waals surface area contributed by atoms with Gasteiger partial charge in [0.05, 0.1) is 0 Å². The van der Waals surface area contributed by atoms with E-state index in [4.69, 9.17) is 16.3 Å². The molecule has 4 rings (SSSR count). The summed E-state index contributed by atoms with van der Waals surface area (Å²) in [7, 11) is 2.15. The molecule has 0 unspecified atom stereocenters. The van der Waals surface area contributed by atoms with Crippen LogP contribution in [0.3, 0.4) is 0 Å². The second-order valence-electron chi connectivity index (χ2n) is 9.45. The molecule has 0 saturated carbocycles. The lowest BCUT2D eigenvalue weighted by Gasteiger charge is -2.47. The monoisotopic (exact) mass is 488 g/mol. The summed E-state index contributed by atoms with van der Waals surface area (Å²) in [5.74, 6) is 0.406. The van der Waals surface area contributed by atoms with E-state index < -0.39 is 0 Å². The van der Waals surface area contributed by atoms with Crippen molar-refractivity contribution in [3.63, 3.8) is 0 Å². The van der Waals surface area contributed by atoms with Gasteiger partial charge in [0.2, 0.25) is 0 Å². The summed E-state index contributed by atoms with van der Waals surface area (Å²) in [5.41, 5.74) is 1.09. The summed E-state index contributed by atoms with van der Waals surface area (Å²) in [5, 5.41) is 0.635. The van der Waals surface area contributed by atoms with E-state index in [2.05, 4.69) is 28.7 Å². The van der Waals surface area contributed by atoms with Gasteiger partial charge in [0.15, 0.2) is 6.61 Å². The fourth-order valence-electron chi connectivity index (χ4n) is 4.74. The molecule has 34 heavy (non-hydrogen) atoms. The molecule has 2 aliphatic heterocycles. The van der Waals surface area contributed by atoms with Crippen molar-refractivity contribution in [3.8, 4) is 5.75 Å². The molecule has 0 N–H and O–H groups in total. The molecule has 0 radical (unpaired) electrons. The quantitative estimate of drug-likeness (QED) is 0.598. The first-order valence-electron chi connectivity index (χ1n) is 11.9. The minimum absolute atomic E-state index is 0.00512. The first-order chi connectivity index (χ1) is 16.4. The summed E-state index contributed by atoms with van der Waals surface area (Å²) < 4.78 is 19.2. The summed E-state index contributed by atoms with van der Waals surface area (Å²) in [6, 6.07) is 14.0. The number of carbonyl (C=O) groups excluding carboxylic acids is 1. The van der Waals surface area contributed by atoms with Crippen molar-refractivity contribution >= 4 is 17.5 Å². The second kappa shape index (κ2) is 11.5. The Hall–Kier alpha value is -2.19. The Kier molecular flexibility index (Phi) is 8.42. The number of ether oxygens (including phenoxy) is 1. The normalized spacial score (nSPS) is 22.6. The number of rotatable bonds is 7. The lowest BCUT2D eigenvalue weighted by atomic mass is 10.0. The van der Waals surface area contributed by atoms with Crippen LogP contribution in [0.4, 0.5) is 4.39 Å². The minimum atomic E-state index is -0.220. The van der Waals surface area contributed by atoms with Gasteiger partial charge in [-0.05, 0) is 55.9 Å². The molecule has 2 aromatic carbocycles. The molecule has 0 aliphatic carbocycles. The van der Waals surface area contributed by atoms with Crippen molar-refractivity contribution in [2.45, 2.75) is 25.6 Å². The lowest BCUT2D eigenvalue weighted by molar-refractivity contribution is -0.140. The third-order valence-corrected chi connectivity index (χ3v) is 7.07. The summed E-state index contributed by atoms with van der Waals surface area (Å²) >= 11 is 5.94. The molecule has 2 saturated heterocycles. The predicted molar refractivity (Wildman–Crippen MR) is 133 cm³/mol. The molecule has 0 aromatic heterocycles. The van der Waals surface area contributed by atoms with Crippen LogP contribution in [0.1, 0.15) is 12.5 Å². The number of benzene rings is 2. The fraction of sp³-hybridized carbons (Fsp3) is 0.500. The van der Waals surface area contributed by atoms with E-state index in [1.54, 1.807) is 24.3 Å². The van der Waals surface area contributed by atoms with Crippen molar-refractivity contribution in [1.29, 1.82) is 0 Å². The van der Waals surface area contributed by atoms with E-state index in [1.807, 2.05) is 17.0 Å². The topological polar surface area (TPSA) is 39.3 Å². The second-order valence-corrected chi connectivity index (χ2v) is 9.89. The zero-order valence-electron chi connectivity index (χ0n) is 20.0. The molecule has 1 amide bonds. The molecule has 2 fully saturated rings. The molecule has 2 atom stereocenters. The van der Waals surface area contributed by atoms with Gasteiger partial charge in [-0.1, -0.05) is 23.7 Å². The van der Waals surface area contributed by atoms with Gasteiger partial charge in [-0.15, -0.1) is 0 Å². The number of amides is 1. The highest BCUT2D eigenvalue weighted by molar-refractivity contribution is 6.30. The molecule has 2 aliphatic rings. The van der Waals surface area contributed by atoms with Crippen molar-refractivity contribution < 1.29 is 13.9 Å². The van der Waals surface area contributed by atoms with Crippen molar-refractivity contribution in [3.05, 3.63) is 64.9 Å². The van der Waals surface area contributed by atoms with Gasteiger partial charge in [0, 0.05) is 69.5 Å². The van der Waals surface area contributed by atoms with Gasteiger partial charge >= 0.3 is 0 Å². The van der Waals surface area contributed by atoms with E-state index >= 15 is 0 Å². The van der Waals surface area contributed by atoms with Crippen molar-refractivity contribution in [2.24, 2.45) is 0 Å². The average Bonchev–Trinajstić information content (AvgIpc) is 2.83. The van der Waals surface area contributed by atoms with Crippen LogP contribution in [0.2, 0.25) is 5.02 Å². The Labute approximate surface area is 206 Å². The van der Waals surface area contributed by atoms with E-state index in [0.29, 0.717) is 17.3 Å². The Morgan fingerprint density at radius 2 is 1.71 bits per heavy atom. The zero-order chi connectivity index (χ0) is 24.1. The highest BCUT2D eigenvalue weighted by atomic mass is 35.5. The first kappa shape index (κ1) is 24.9. The van der Waals surface area contributed by atoms with Gasteiger partial charge in [-0.2, -0.15) is 0 Å². The number of hydrogen-bond donors (Lipinski definition) is 0. The fourth-order valence-corrected chi connectivity index (χ4v) is 4.86. The van der Waals surface area contributed by atoms with Crippen LogP contribution >= 0.6 is 11.6 Å². The average molecular weight is 489 g/mol. The van der Waals surface area contributed by atoms with Gasteiger partial charge in [0.1, 0.15) is 11.6 Å². The summed E-state index contributed by atoms with van der Waals surface area (Å²) in [6.45, 7) is 9.32. The highest BCUT2D eigenvalue weighted by Gasteiger charge is 2.35. The van der Waals surface area contributed by atoms with E-state index in [9.17, 15) is 9.18 Å². The SMILES string of the molecule is C[C@@H]1CN(Cc2ccc(F)cc2)[C@@H](CN2CCN(C)CC2)CN1C(=O)COc1ccc(Cl)cc1. The Balaban J connectivity index is 1.42. The number of piperazine rings is 2. The summed E-state index contributed by atoms with van der Waals surface area (Å²) in [6.07, 6.45) is 0.